The van der Waals surface area contributed by atoms with Crippen molar-refractivity contribution in [1.82, 2.24) is 5.32 Å². The molecule has 96 valence electrons. The summed E-state index contributed by atoms with van der Waals surface area (Å²) in [5.41, 5.74) is 1.30. The number of halogens is 1. The van der Waals surface area contributed by atoms with Crippen LogP contribution in [0, 0.1) is 13.8 Å². The van der Waals surface area contributed by atoms with Crippen LogP contribution < -0.4 is 5.32 Å². The smallest absolute Gasteiger partial charge is 0.320 e. The summed E-state index contributed by atoms with van der Waals surface area (Å²) in [6, 6.07) is 2.43. The van der Waals surface area contributed by atoms with Crippen LogP contribution in [0.5, 0.6) is 0 Å². The van der Waals surface area contributed by atoms with E-state index in [-0.39, 0.29) is 16.8 Å². The Morgan fingerprint density at radius 1 is 1.59 bits per heavy atom. The van der Waals surface area contributed by atoms with Crippen LogP contribution in [0.15, 0.2) is 6.07 Å². The summed E-state index contributed by atoms with van der Waals surface area (Å²) >= 11 is 5.09. The van der Waals surface area contributed by atoms with Crippen molar-refractivity contribution in [3.63, 3.8) is 0 Å². The predicted molar refractivity (Wildman–Crippen MR) is 74.9 cm³/mol. The van der Waals surface area contributed by atoms with Gasteiger partial charge in [0.05, 0.1) is 7.11 Å². The highest BCUT2D eigenvalue weighted by molar-refractivity contribution is 9.10. The first-order chi connectivity index (χ1) is 7.95. The molecule has 17 heavy (non-hydrogen) atoms. The summed E-state index contributed by atoms with van der Waals surface area (Å²) in [5, 5.41) is 3.33. The molecule has 0 aliphatic heterocycles. The van der Waals surface area contributed by atoms with Crippen LogP contribution in [-0.4, -0.2) is 24.5 Å². The molecular formula is C12H18BrNO2S. The van der Waals surface area contributed by atoms with Gasteiger partial charge in [0.15, 0.2) is 0 Å². The number of alkyl halides is 1. The molecule has 0 saturated carbocycles. The number of esters is 1. The van der Waals surface area contributed by atoms with Gasteiger partial charge in [-0.25, -0.2) is 0 Å². The molecule has 2 atom stereocenters. The summed E-state index contributed by atoms with van der Waals surface area (Å²) in [5.74, 6) is -0.247. The number of carbonyl (C=O) groups excluding carboxylic acids is 1. The van der Waals surface area contributed by atoms with E-state index in [1.165, 1.54) is 22.4 Å². The van der Waals surface area contributed by atoms with E-state index >= 15 is 0 Å². The van der Waals surface area contributed by atoms with E-state index in [4.69, 9.17) is 0 Å². The zero-order chi connectivity index (χ0) is 13.0. The molecule has 0 spiro atoms. The maximum atomic E-state index is 11.2. The lowest BCUT2D eigenvalue weighted by molar-refractivity contribution is -0.139. The summed E-state index contributed by atoms with van der Waals surface area (Å²) in [7, 11) is 1.40. The van der Waals surface area contributed by atoms with Crippen LogP contribution in [-0.2, 0) is 9.53 Å². The third-order valence-corrected chi connectivity index (χ3v) is 4.29. The monoisotopic (exact) mass is 319 g/mol. The van der Waals surface area contributed by atoms with Crippen molar-refractivity contribution in [3.8, 4) is 0 Å². The zero-order valence-electron chi connectivity index (χ0n) is 10.5. The van der Waals surface area contributed by atoms with Crippen molar-refractivity contribution < 1.29 is 9.53 Å². The molecular weight excluding hydrogens is 302 g/mol. The molecule has 1 aromatic rings. The third-order valence-electron chi connectivity index (χ3n) is 2.61. The zero-order valence-corrected chi connectivity index (χ0v) is 12.9. The fourth-order valence-corrected chi connectivity index (χ4v) is 3.08. The quantitative estimate of drug-likeness (QED) is 0.670. The van der Waals surface area contributed by atoms with Gasteiger partial charge in [-0.3, -0.25) is 4.79 Å². The Morgan fingerprint density at radius 2 is 2.24 bits per heavy atom. The van der Waals surface area contributed by atoms with Crippen molar-refractivity contribution in [3.05, 3.63) is 21.4 Å². The lowest BCUT2D eigenvalue weighted by Gasteiger charge is -2.15. The van der Waals surface area contributed by atoms with Crippen molar-refractivity contribution in [2.24, 2.45) is 0 Å². The lowest BCUT2D eigenvalue weighted by Crippen LogP contribution is -2.31. The number of methoxy groups -OCH3 is 1. The highest BCUT2D eigenvalue weighted by Crippen LogP contribution is 2.26. The van der Waals surface area contributed by atoms with Crippen LogP contribution in [0.4, 0.5) is 0 Å². The Labute approximate surface area is 115 Å². The average molecular weight is 320 g/mol. The van der Waals surface area contributed by atoms with E-state index in [9.17, 15) is 4.79 Å². The minimum atomic E-state index is -0.296. The topological polar surface area (TPSA) is 38.3 Å². The minimum Gasteiger partial charge on any atom is -0.468 e. The molecule has 5 heteroatoms. The van der Waals surface area contributed by atoms with Gasteiger partial charge in [0.2, 0.25) is 0 Å². The number of thiophene rings is 1. The highest BCUT2D eigenvalue weighted by Gasteiger charge is 2.17. The number of hydrogen-bond donors (Lipinski definition) is 1. The molecule has 1 N–H and O–H groups in total. The average Bonchev–Trinajstić information content (AvgIpc) is 2.63. The molecule has 1 aromatic heterocycles. The van der Waals surface area contributed by atoms with Crippen LogP contribution in [0.1, 0.15) is 28.3 Å². The maximum Gasteiger partial charge on any atom is 0.320 e. The number of aryl methyl sites for hydroxylation is 2. The molecule has 3 nitrogen and oxygen atoms in total. The number of carbonyl (C=O) groups is 1. The van der Waals surface area contributed by atoms with Crippen LogP contribution in [0.25, 0.3) is 0 Å². The molecule has 1 heterocycles. The highest BCUT2D eigenvalue weighted by atomic mass is 79.9. The summed E-state index contributed by atoms with van der Waals surface area (Å²) in [6.07, 6.45) is 0. The van der Waals surface area contributed by atoms with Gasteiger partial charge in [-0.15, -0.1) is 11.3 Å². The van der Waals surface area contributed by atoms with E-state index in [0.29, 0.717) is 6.54 Å². The molecule has 1 rings (SSSR count). The Bertz CT molecular complexity index is 392. The van der Waals surface area contributed by atoms with Gasteiger partial charge in [0, 0.05) is 22.3 Å². The standard InChI is InChI=1S/C12H18BrNO2S/c1-7-5-10(9(3)17-7)8(2)14-6-11(13)12(15)16-4/h5,8,11,14H,6H2,1-4H3. The van der Waals surface area contributed by atoms with E-state index in [0.717, 1.165) is 0 Å². The number of nitrogens with one attached hydrogen (secondary N) is 1. The van der Waals surface area contributed by atoms with Crippen LogP contribution >= 0.6 is 27.3 Å². The van der Waals surface area contributed by atoms with Crippen molar-refractivity contribution in [2.75, 3.05) is 13.7 Å². The van der Waals surface area contributed by atoms with Crippen molar-refractivity contribution >= 4 is 33.2 Å². The molecule has 0 fully saturated rings. The number of ether oxygens (including phenoxy) is 1. The largest absolute Gasteiger partial charge is 0.468 e. The minimum absolute atomic E-state index is 0.240. The summed E-state index contributed by atoms with van der Waals surface area (Å²) in [6.45, 7) is 6.89. The van der Waals surface area contributed by atoms with E-state index in [1.807, 2.05) is 0 Å². The predicted octanol–water partition coefficient (Wildman–Crippen LogP) is 2.95. The molecule has 0 amide bonds. The Kier molecular flexibility index (Phi) is 5.62. The molecule has 0 aliphatic rings. The fourth-order valence-electron chi connectivity index (χ4n) is 1.68. The Hall–Kier alpha value is -0.390. The second kappa shape index (κ2) is 6.52. The van der Waals surface area contributed by atoms with E-state index < -0.39 is 0 Å². The normalized spacial score (nSPS) is 14.4. The fraction of sp³-hybridized carbons (Fsp3) is 0.583. The molecule has 2 unspecified atom stereocenters. The van der Waals surface area contributed by atoms with Crippen LogP contribution in [0.3, 0.4) is 0 Å². The molecule has 0 saturated heterocycles. The van der Waals surface area contributed by atoms with Gasteiger partial charge in [0.1, 0.15) is 4.83 Å². The molecule has 0 aliphatic carbocycles. The van der Waals surface area contributed by atoms with Gasteiger partial charge >= 0.3 is 5.97 Å². The molecule has 0 radical (unpaired) electrons. The maximum absolute atomic E-state index is 11.2. The Morgan fingerprint density at radius 3 is 2.71 bits per heavy atom. The number of hydrogen-bond acceptors (Lipinski definition) is 4. The third kappa shape index (κ3) is 4.08. The van der Waals surface area contributed by atoms with E-state index in [1.54, 1.807) is 11.3 Å². The lowest BCUT2D eigenvalue weighted by atomic mass is 10.1. The molecule has 0 aromatic carbocycles. The van der Waals surface area contributed by atoms with E-state index in [2.05, 4.69) is 52.8 Å². The first-order valence-electron chi connectivity index (χ1n) is 5.48. The second-order valence-corrected chi connectivity index (χ2v) is 6.55. The van der Waals surface area contributed by atoms with Crippen LogP contribution in [0.2, 0.25) is 0 Å². The van der Waals surface area contributed by atoms with Gasteiger partial charge in [-0.05, 0) is 32.4 Å². The van der Waals surface area contributed by atoms with Gasteiger partial charge in [-0.1, -0.05) is 15.9 Å². The first kappa shape index (κ1) is 14.7. The van der Waals surface area contributed by atoms with Gasteiger partial charge < -0.3 is 10.1 Å². The number of rotatable bonds is 5. The summed E-state index contributed by atoms with van der Waals surface area (Å²) < 4.78 is 4.65. The molecule has 0 bridgehead atoms. The van der Waals surface area contributed by atoms with Crippen molar-refractivity contribution in [2.45, 2.75) is 31.6 Å². The Balaban J connectivity index is 2.53. The second-order valence-electron chi connectivity index (χ2n) is 3.99. The van der Waals surface area contributed by atoms with Crippen molar-refractivity contribution in [1.29, 1.82) is 0 Å². The van der Waals surface area contributed by atoms with Gasteiger partial charge in [-0.2, -0.15) is 0 Å². The SMILES string of the molecule is COC(=O)C(Br)CNC(C)c1cc(C)sc1C. The summed E-state index contributed by atoms with van der Waals surface area (Å²) in [4.78, 5) is 13.6. The first-order valence-corrected chi connectivity index (χ1v) is 7.21. The van der Waals surface area contributed by atoms with Gasteiger partial charge in [0.25, 0.3) is 0 Å².